The van der Waals surface area contributed by atoms with Crippen molar-refractivity contribution in [2.24, 2.45) is 5.92 Å². The van der Waals surface area contributed by atoms with E-state index in [-0.39, 0.29) is 23.7 Å². The lowest BCUT2D eigenvalue weighted by atomic mass is 9.92. The molecule has 20 heavy (non-hydrogen) atoms. The topological polar surface area (TPSA) is 46.6 Å². The normalized spacial score (nSPS) is 20.6. The van der Waals surface area contributed by atoms with Crippen molar-refractivity contribution in [2.75, 3.05) is 13.7 Å². The summed E-state index contributed by atoms with van der Waals surface area (Å²) in [5.41, 5.74) is 1.06. The molecule has 0 saturated carbocycles. The molecule has 0 aliphatic carbocycles. The quantitative estimate of drug-likeness (QED) is 0.848. The first kappa shape index (κ1) is 14.6. The highest BCUT2D eigenvalue weighted by Gasteiger charge is 2.31. The fraction of sp³-hybridized carbons (Fsp3) is 0.500. The van der Waals surface area contributed by atoms with Gasteiger partial charge in [0.15, 0.2) is 0 Å². The standard InChI is InChI=1S/C16H21NO3/c1-11(13-4-7-15(20-3)8-5-13)17-10-14(12(2)18)6-9-16(17)19/h4-5,7-8,11,14H,6,9-10H2,1-3H3/t11-,14?/m0/s1. The van der Waals surface area contributed by atoms with Crippen LogP contribution in [-0.4, -0.2) is 30.2 Å². The molecule has 0 N–H and O–H groups in total. The van der Waals surface area contributed by atoms with Gasteiger partial charge in [0.05, 0.1) is 13.2 Å². The molecule has 1 aromatic carbocycles. The number of carbonyl (C=O) groups is 2. The maximum Gasteiger partial charge on any atom is 0.223 e. The number of hydrogen-bond donors (Lipinski definition) is 0. The Bertz CT molecular complexity index is 495. The number of ether oxygens (including phenoxy) is 1. The van der Waals surface area contributed by atoms with Crippen molar-refractivity contribution >= 4 is 11.7 Å². The van der Waals surface area contributed by atoms with Crippen LogP contribution in [0.5, 0.6) is 5.75 Å². The fourth-order valence-electron chi connectivity index (χ4n) is 2.64. The average Bonchev–Trinajstić information content (AvgIpc) is 2.47. The summed E-state index contributed by atoms with van der Waals surface area (Å²) < 4.78 is 5.14. The highest BCUT2D eigenvalue weighted by molar-refractivity contribution is 5.83. The van der Waals surface area contributed by atoms with Crippen LogP contribution in [0.3, 0.4) is 0 Å². The highest BCUT2D eigenvalue weighted by atomic mass is 16.5. The minimum Gasteiger partial charge on any atom is -0.497 e. The van der Waals surface area contributed by atoms with Crippen LogP contribution in [0.25, 0.3) is 0 Å². The highest BCUT2D eigenvalue weighted by Crippen LogP contribution is 2.28. The van der Waals surface area contributed by atoms with Crippen molar-refractivity contribution in [3.05, 3.63) is 29.8 Å². The number of hydrogen-bond acceptors (Lipinski definition) is 3. The van der Waals surface area contributed by atoms with E-state index in [1.807, 2.05) is 36.1 Å². The Balaban J connectivity index is 2.14. The van der Waals surface area contributed by atoms with Crippen LogP contribution in [0.1, 0.15) is 38.3 Å². The molecule has 1 amide bonds. The Morgan fingerprint density at radius 3 is 2.55 bits per heavy atom. The van der Waals surface area contributed by atoms with E-state index in [0.717, 1.165) is 11.3 Å². The molecule has 4 heteroatoms. The van der Waals surface area contributed by atoms with Gasteiger partial charge in [0.25, 0.3) is 0 Å². The molecule has 0 aromatic heterocycles. The van der Waals surface area contributed by atoms with E-state index in [9.17, 15) is 9.59 Å². The predicted molar refractivity (Wildman–Crippen MR) is 76.5 cm³/mol. The Hall–Kier alpha value is -1.84. The third-order valence-corrected chi connectivity index (χ3v) is 4.08. The lowest BCUT2D eigenvalue weighted by Crippen LogP contribution is -2.43. The van der Waals surface area contributed by atoms with Crippen molar-refractivity contribution in [3.63, 3.8) is 0 Å². The zero-order valence-electron chi connectivity index (χ0n) is 12.3. The maximum atomic E-state index is 12.1. The molecule has 2 atom stereocenters. The van der Waals surface area contributed by atoms with Crippen LogP contribution < -0.4 is 4.74 Å². The van der Waals surface area contributed by atoms with Crippen LogP contribution >= 0.6 is 0 Å². The third-order valence-electron chi connectivity index (χ3n) is 4.08. The van der Waals surface area contributed by atoms with Crippen molar-refractivity contribution in [1.82, 2.24) is 4.90 Å². The summed E-state index contributed by atoms with van der Waals surface area (Å²) in [4.78, 5) is 25.4. The number of likely N-dealkylation sites (tertiary alicyclic amines) is 1. The molecule has 1 fully saturated rings. The third kappa shape index (κ3) is 3.00. The number of Topliss-reactive ketones (excluding diaryl/α,β-unsaturated/α-hetero) is 1. The fourth-order valence-corrected chi connectivity index (χ4v) is 2.64. The molecule has 1 aliphatic heterocycles. The molecule has 0 spiro atoms. The number of carbonyl (C=O) groups excluding carboxylic acids is 2. The summed E-state index contributed by atoms with van der Waals surface area (Å²) in [5, 5.41) is 0. The van der Waals surface area contributed by atoms with E-state index in [2.05, 4.69) is 0 Å². The van der Waals surface area contributed by atoms with Gasteiger partial charge in [-0.1, -0.05) is 12.1 Å². The molecule has 1 heterocycles. The molecular formula is C16H21NO3. The van der Waals surface area contributed by atoms with E-state index < -0.39 is 0 Å². The van der Waals surface area contributed by atoms with Crippen LogP contribution in [0.2, 0.25) is 0 Å². The Kier molecular flexibility index (Phi) is 4.42. The predicted octanol–water partition coefficient (Wildman–Crippen LogP) is 2.58. The van der Waals surface area contributed by atoms with E-state index in [1.54, 1.807) is 14.0 Å². The lowest BCUT2D eigenvalue weighted by molar-refractivity contribution is -0.139. The Morgan fingerprint density at radius 1 is 1.35 bits per heavy atom. The monoisotopic (exact) mass is 275 g/mol. The molecule has 0 radical (unpaired) electrons. The second-order valence-electron chi connectivity index (χ2n) is 5.34. The number of methoxy groups -OCH3 is 1. The summed E-state index contributed by atoms with van der Waals surface area (Å²) in [6, 6.07) is 7.70. The Morgan fingerprint density at radius 2 is 2.00 bits per heavy atom. The Labute approximate surface area is 119 Å². The zero-order valence-corrected chi connectivity index (χ0v) is 12.3. The number of amides is 1. The van der Waals surface area contributed by atoms with E-state index >= 15 is 0 Å². The molecule has 2 rings (SSSR count). The van der Waals surface area contributed by atoms with Crippen molar-refractivity contribution < 1.29 is 14.3 Å². The first-order valence-electron chi connectivity index (χ1n) is 6.96. The molecule has 1 aromatic rings. The summed E-state index contributed by atoms with van der Waals surface area (Å²) in [6.07, 6.45) is 1.14. The zero-order chi connectivity index (χ0) is 14.7. The summed E-state index contributed by atoms with van der Waals surface area (Å²) in [6.45, 7) is 4.14. The van der Waals surface area contributed by atoms with Gasteiger partial charge in [0.2, 0.25) is 5.91 Å². The van der Waals surface area contributed by atoms with Crippen LogP contribution in [0, 0.1) is 5.92 Å². The van der Waals surface area contributed by atoms with Gasteiger partial charge in [0, 0.05) is 18.9 Å². The van der Waals surface area contributed by atoms with Crippen LogP contribution in [0.15, 0.2) is 24.3 Å². The number of rotatable bonds is 4. The second kappa shape index (κ2) is 6.07. The summed E-state index contributed by atoms with van der Waals surface area (Å²) in [7, 11) is 1.63. The van der Waals surface area contributed by atoms with Crippen LogP contribution in [-0.2, 0) is 9.59 Å². The van der Waals surface area contributed by atoms with E-state index in [0.29, 0.717) is 19.4 Å². The molecule has 4 nitrogen and oxygen atoms in total. The largest absolute Gasteiger partial charge is 0.497 e. The van der Waals surface area contributed by atoms with Gasteiger partial charge in [-0.3, -0.25) is 9.59 Å². The summed E-state index contributed by atoms with van der Waals surface area (Å²) >= 11 is 0. The van der Waals surface area contributed by atoms with Crippen molar-refractivity contribution in [1.29, 1.82) is 0 Å². The van der Waals surface area contributed by atoms with Gasteiger partial charge in [-0.15, -0.1) is 0 Å². The van der Waals surface area contributed by atoms with E-state index in [4.69, 9.17) is 4.74 Å². The first-order chi connectivity index (χ1) is 9.52. The van der Waals surface area contributed by atoms with Crippen LogP contribution in [0.4, 0.5) is 0 Å². The first-order valence-corrected chi connectivity index (χ1v) is 6.96. The summed E-state index contributed by atoms with van der Waals surface area (Å²) in [5.74, 6) is 1.08. The van der Waals surface area contributed by atoms with Crippen molar-refractivity contribution in [3.8, 4) is 5.75 Å². The minimum atomic E-state index is -0.0200. The van der Waals surface area contributed by atoms with Crippen molar-refractivity contribution in [2.45, 2.75) is 32.7 Å². The van der Waals surface area contributed by atoms with Gasteiger partial charge < -0.3 is 9.64 Å². The van der Waals surface area contributed by atoms with Gasteiger partial charge >= 0.3 is 0 Å². The number of nitrogens with zero attached hydrogens (tertiary/aromatic N) is 1. The van der Waals surface area contributed by atoms with E-state index in [1.165, 1.54) is 0 Å². The molecule has 0 bridgehead atoms. The molecular weight excluding hydrogens is 254 g/mol. The minimum absolute atomic E-state index is 0.0180. The second-order valence-corrected chi connectivity index (χ2v) is 5.34. The number of ketones is 1. The molecule has 1 saturated heterocycles. The number of benzene rings is 1. The molecule has 1 unspecified atom stereocenters. The van der Waals surface area contributed by atoms with Gasteiger partial charge in [-0.05, 0) is 38.0 Å². The van der Waals surface area contributed by atoms with Gasteiger partial charge in [0.1, 0.15) is 11.5 Å². The molecule has 108 valence electrons. The molecule has 1 aliphatic rings. The van der Waals surface area contributed by atoms with Gasteiger partial charge in [-0.2, -0.15) is 0 Å². The maximum absolute atomic E-state index is 12.1. The van der Waals surface area contributed by atoms with Gasteiger partial charge in [-0.25, -0.2) is 0 Å². The lowest BCUT2D eigenvalue weighted by Gasteiger charge is -2.36. The smallest absolute Gasteiger partial charge is 0.223 e. The number of piperidine rings is 1. The average molecular weight is 275 g/mol. The SMILES string of the molecule is COc1ccc([C@H](C)N2CC(C(C)=O)CCC2=O)cc1.